The Morgan fingerprint density at radius 2 is 2.00 bits per heavy atom. The van der Waals surface area contributed by atoms with Crippen LogP contribution in [-0.4, -0.2) is 10.8 Å². The molecular formula is C19H19NO2. The molecule has 0 aliphatic heterocycles. The van der Waals surface area contributed by atoms with Crippen molar-refractivity contribution in [1.82, 2.24) is 4.98 Å². The van der Waals surface area contributed by atoms with E-state index in [9.17, 15) is 4.79 Å². The summed E-state index contributed by atoms with van der Waals surface area (Å²) < 4.78 is 5.92. The lowest BCUT2D eigenvalue weighted by molar-refractivity contribution is -0.114. The highest BCUT2D eigenvalue weighted by Crippen LogP contribution is 2.34. The molecule has 0 atom stereocenters. The second-order valence-electron chi connectivity index (χ2n) is 5.23. The van der Waals surface area contributed by atoms with E-state index < -0.39 is 0 Å². The summed E-state index contributed by atoms with van der Waals surface area (Å²) >= 11 is 0. The standard InChI is InChI=1S/C19H19NO2/c1-3-13(21)9-11-17-19(18-12-10-14(4-2)22-18)15-7-5-6-8-16(15)20-17/h5-12,20H,3-4H2,1-2H3/b11-9+. The van der Waals surface area contributed by atoms with Gasteiger partial charge in [-0.2, -0.15) is 0 Å². The molecule has 2 heterocycles. The highest BCUT2D eigenvalue weighted by molar-refractivity contribution is 6.01. The summed E-state index contributed by atoms with van der Waals surface area (Å²) in [5.41, 5.74) is 2.95. The molecule has 0 spiro atoms. The molecule has 3 aromatic rings. The molecule has 0 aliphatic rings. The van der Waals surface area contributed by atoms with Gasteiger partial charge >= 0.3 is 0 Å². The predicted molar refractivity (Wildman–Crippen MR) is 89.7 cm³/mol. The smallest absolute Gasteiger partial charge is 0.155 e. The first kappa shape index (κ1) is 14.4. The summed E-state index contributed by atoms with van der Waals surface area (Å²) in [6.45, 7) is 3.93. The number of nitrogens with one attached hydrogen (secondary N) is 1. The first-order valence-corrected chi connectivity index (χ1v) is 7.63. The molecule has 2 aromatic heterocycles. The fraction of sp³-hybridized carbons (Fsp3) is 0.211. The average Bonchev–Trinajstić information content (AvgIpc) is 3.15. The van der Waals surface area contributed by atoms with Crippen molar-refractivity contribution in [3.8, 4) is 11.3 Å². The van der Waals surface area contributed by atoms with E-state index in [0.29, 0.717) is 6.42 Å². The number of carbonyl (C=O) groups is 1. The predicted octanol–water partition coefficient (Wildman–Crippen LogP) is 4.98. The zero-order chi connectivity index (χ0) is 15.5. The van der Waals surface area contributed by atoms with Crippen molar-refractivity contribution in [2.75, 3.05) is 0 Å². The Bertz CT molecular complexity index is 836. The minimum absolute atomic E-state index is 0.110. The third-order valence-electron chi connectivity index (χ3n) is 3.78. The van der Waals surface area contributed by atoms with Crippen LogP contribution in [0, 0.1) is 0 Å². The van der Waals surface area contributed by atoms with Crippen LogP contribution in [0.1, 0.15) is 31.7 Å². The molecule has 3 rings (SSSR count). The second kappa shape index (κ2) is 6.06. The molecule has 0 saturated heterocycles. The van der Waals surface area contributed by atoms with Gasteiger partial charge in [-0.15, -0.1) is 0 Å². The Morgan fingerprint density at radius 1 is 1.18 bits per heavy atom. The molecule has 3 heteroatoms. The number of hydrogen-bond donors (Lipinski definition) is 1. The maximum Gasteiger partial charge on any atom is 0.155 e. The molecule has 112 valence electrons. The molecule has 0 unspecified atom stereocenters. The molecule has 0 bridgehead atoms. The molecule has 1 N–H and O–H groups in total. The third kappa shape index (κ3) is 2.62. The summed E-state index contributed by atoms with van der Waals surface area (Å²) in [5, 5.41) is 1.10. The van der Waals surface area contributed by atoms with Gasteiger partial charge < -0.3 is 9.40 Å². The van der Waals surface area contributed by atoms with Gasteiger partial charge in [0.15, 0.2) is 5.78 Å². The van der Waals surface area contributed by atoms with Crippen LogP contribution in [0.3, 0.4) is 0 Å². The number of para-hydroxylation sites is 1. The first-order chi connectivity index (χ1) is 10.7. The molecule has 3 nitrogen and oxygen atoms in total. The highest BCUT2D eigenvalue weighted by Gasteiger charge is 2.14. The topological polar surface area (TPSA) is 46.0 Å². The number of fused-ring (bicyclic) bond motifs is 1. The van der Waals surface area contributed by atoms with Gasteiger partial charge in [-0.3, -0.25) is 4.79 Å². The van der Waals surface area contributed by atoms with Gasteiger partial charge in [-0.25, -0.2) is 0 Å². The largest absolute Gasteiger partial charge is 0.461 e. The number of aromatic amines is 1. The number of aromatic nitrogens is 1. The van der Waals surface area contributed by atoms with E-state index in [1.807, 2.05) is 43.3 Å². The van der Waals surface area contributed by atoms with Gasteiger partial charge in [0.25, 0.3) is 0 Å². The van der Waals surface area contributed by atoms with Crippen LogP contribution in [0.4, 0.5) is 0 Å². The third-order valence-corrected chi connectivity index (χ3v) is 3.78. The number of allylic oxidation sites excluding steroid dienone is 1. The molecule has 0 aliphatic carbocycles. The molecule has 0 saturated carbocycles. The lowest BCUT2D eigenvalue weighted by Gasteiger charge is -1.98. The fourth-order valence-corrected chi connectivity index (χ4v) is 2.55. The summed E-state index contributed by atoms with van der Waals surface area (Å²) in [6.07, 6.45) is 4.84. The minimum Gasteiger partial charge on any atom is -0.461 e. The van der Waals surface area contributed by atoms with Crippen molar-refractivity contribution >= 4 is 22.8 Å². The number of hydrogen-bond acceptors (Lipinski definition) is 2. The number of benzene rings is 1. The van der Waals surface area contributed by atoms with E-state index in [0.717, 1.165) is 40.1 Å². The number of rotatable bonds is 5. The van der Waals surface area contributed by atoms with Crippen molar-refractivity contribution in [2.45, 2.75) is 26.7 Å². The molecule has 1 aromatic carbocycles. The molecule has 0 radical (unpaired) electrons. The van der Waals surface area contributed by atoms with Crippen molar-refractivity contribution in [2.24, 2.45) is 0 Å². The van der Waals surface area contributed by atoms with Crippen LogP contribution in [0.2, 0.25) is 0 Å². The number of aryl methyl sites for hydroxylation is 1. The van der Waals surface area contributed by atoms with Crippen LogP contribution in [0.15, 0.2) is 46.9 Å². The zero-order valence-electron chi connectivity index (χ0n) is 12.8. The Labute approximate surface area is 129 Å². The maximum absolute atomic E-state index is 11.6. The maximum atomic E-state index is 11.6. The van der Waals surface area contributed by atoms with Crippen molar-refractivity contribution in [3.63, 3.8) is 0 Å². The van der Waals surface area contributed by atoms with Crippen molar-refractivity contribution < 1.29 is 9.21 Å². The van der Waals surface area contributed by atoms with Crippen LogP contribution in [0.5, 0.6) is 0 Å². The van der Waals surface area contributed by atoms with E-state index in [2.05, 4.69) is 18.0 Å². The second-order valence-corrected chi connectivity index (χ2v) is 5.23. The minimum atomic E-state index is 0.110. The average molecular weight is 293 g/mol. The van der Waals surface area contributed by atoms with Crippen molar-refractivity contribution in [1.29, 1.82) is 0 Å². The fourth-order valence-electron chi connectivity index (χ4n) is 2.55. The zero-order valence-corrected chi connectivity index (χ0v) is 12.8. The number of ketones is 1. The first-order valence-electron chi connectivity index (χ1n) is 7.63. The van der Waals surface area contributed by atoms with Crippen LogP contribution >= 0.6 is 0 Å². The van der Waals surface area contributed by atoms with Crippen molar-refractivity contribution in [3.05, 3.63) is 53.9 Å². The van der Waals surface area contributed by atoms with Crippen LogP contribution in [-0.2, 0) is 11.2 Å². The quantitative estimate of drug-likeness (QED) is 0.674. The Morgan fingerprint density at radius 3 is 2.73 bits per heavy atom. The summed E-state index contributed by atoms with van der Waals surface area (Å²) in [4.78, 5) is 14.9. The van der Waals surface area contributed by atoms with E-state index >= 15 is 0 Å². The van der Waals surface area contributed by atoms with Gasteiger partial charge in [0.05, 0.1) is 5.69 Å². The van der Waals surface area contributed by atoms with Gasteiger partial charge in [-0.1, -0.05) is 32.0 Å². The van der Waals surface area contributed by atoms with E-state index in [1.54, 1.807) is 6.08 Å². The van der Waals surface area contributed by atoms with Gasteiger partial charge in [-0.05, 0) is 30.4 Å². The molecular weight excluding hydrogens is 274 g/mol. The van der Waals surface area contributed by atoms with E-state index in [1.165, 1.54) is 0 Å². The lowest BCUT2D eigenvalue weighted by atomic mass is 10.1. The highest BCUT2D eigenvalue weighted by atomic mass is 16.3. The summed E-state index contributed by atoms with van der Waals surface area (Å²) in [5.74, 6) is 1.90. The Kier molecular flexibility index (Phi) is 3.96. The molecule has 0 amide bonds. The van der Waals surface area contributed by atoms with Gasteiger partial charge in [0, 0.05) is 29.3 Å². The number of furan rings is 1. The van der Waals surface area contributed by atoms with Gasteiger partial charge in [0.2, 0.25) is 0 Å². The molecule has 0 fully saturated rings. The molecule has 22 heavy (non-hydrogen) atoms. The monoisotopic (exact) mass is 293 g/mol. The Hall–Kier alpha value is -2.55. The van der Waals surface area contributed by atoms with Gasteiger partial charge in [0.1, 0.15) is 11.5 Å². The van der Waals surface area contributed by atoms with Crippen LogP contribution in [0.25, 0.3) is 28.3 Å². The van der Waals surface area contributed by atoms with E-state index in [4.69, 9.17) is 4.42 Å². The van der Waals surface area contributed by atoms with E-state index in [-0.39, 0.29) is 5.78 Å². The lowest BCUT2D eigenvalue weighted by Crippen LogP contribution is -1.87. The Balaban J connectivity index is 2.16. The number of carbonyl (C=O) groups excluding carboxylic acids is 1. The summed E-state index contributed by atoms with van der Waals surface area (Å²) in [7, 11) is 0. The number of H-pyrrole nitrogens is 1. The van der Waals surface area contributed by atoms with Crippen LogP contribution < -0.4 is 0 Å². The summed E-state index contributed by atoms with van der Waals surface area (Å²) in [6, 6.07) is 12.1. The SMILES string of the molecule is CCC(=O)/C=C/c1[nH]c2ccccc2c1-c1ccc(CC)o1. The normalized spacial score (nSPS) is 11.5.